The lowest BCUT2D eigenvalue weighted by molar-refractivity contribution is -0.312. The Bertz CT molecular complexity index is 677. The van der Waals surface area contributed by atoms with E-state index in [1.165, 1.54) is 12.1 Å². The number of hydrogen-bond acceptors (Lipinski definition) is 3. The number of carbonyl (C=O) groups excluding carboxylic acids is 1. The van der Waals surface area contributed by atoms with E-state index in [0.717, 1.165) is 0 Å². The first-order valence-corrected chi connectivity index (χ1v) is 8.01. The molecule has 2 atom stereocenters. The fraction of sp³-hybridized carbons (Fsp3) is 0.467. The molecule has 2 aliphatic rings. The molecular formula is C15H14BrF3N2O2. The lowest BCUT2D eigenvalue weighted by Gasteiger charge is -2.38. The van der Waals surface area contributed by atoms with E-state index in [1.54, 1.807) is 12.1 Å². The predicted octanol–water partition coefficient (Wildman–Crippen LogP) is 3.70. The molecule has 1 heterocycles. The Labute approximate surface area is 139 Å². The molecule has 124 valence electrons. The number of hydrazone groups is 1. The summed E-state index contributed by atoms with van der Waals surface area (Å²) in [5.41, 5.74) is -2.99. The third-order valence-corrected chi connectivity index (χ3v) is 4.79. The molecule has 1 amide bonds. The number of nitrogens with zero attached hydrogens (tertiary/aromatic N) is 2. The van der Waals surface area contributed by atoms with Crippen molar-refractivity contribution in [1.29, 1.82) is 0 Å². The second-order valence-corrected chi connectivity index (χ2v) is 6.66. The van der Waals surface area contributed by atoms with Gasteiger partial charge in [-0.2, -0.15) is 23.3 Å². The van der Waals surface area contributed by atoms with Crippen molar-refractivity contribution in [2.24, 2.45) is 11.0 Å². The molecule has 0 spiro atoms. The SMILES string of the molecule is O=C(c1cccc(Br)c1)N1N=C2CCCC[C@@H]2[C@]1(O)C(F)(F)F. The second-order valence-electron chi connectivity index (χ2n) is 5.74. The smallest absolute Gasteiger partial charge is 0.362 e. The highest BCUT2D eigenvalue weighted by molar-refractivity contribution is 9.10. The zero-order valence-electron chi connectivity index (χ0n) is 12.0. The molecule has 1 aromatic carbocycles. The van der Waals surface area contributed by atoms with Crippen LogP contribution in [-0.2, 0) is 0 Å². The number of fused-ring (bicyclic) bond motifs is 1. The summed E-state index contributed by atoms with van der Waals surface area (Å²) < 4.78 is 41.3. The van der Waals surface area contributed by atoms with E-state index in [1.807, 2.05) is 0 Å². The van der Waals surface area contributed by atoms with Crippen molar-refractivity contribution in [1.82, 2.24) is 5.01 Å². The van der Waals surface area contributed by atoms with Crippen molar-refractivity contribution >= 4 is 27.5 Å². The number of aliphatic hydroxyl groups is 1. The van der Waals surface area contributed by atoms with E-state index in [4.69, 9.17) is 0 Å². The fourth-order valence-electron chi connectivity index (χ4n) is 3.16. The van der Waals surface area contributed by atoms with Gasteiger partial charge in [0, 0.05) is 15.7 Å². The van der Waals surface area contributed by atoms with Crippen LogP contribution in [0.2, 0.25) is 0 Å². The normalized spacial score (nSPS) is 27.6. The minimum absolute atomic E-state index is 0.0325. The second kappa shape index (κ2) is 5.59. The van der Waals surface area contributed by atoms with Gasteiger partial charge in [-0.3, -0.25) is 4.79 Å². The zero-order valence-corrected chi connectivity index (χ0v) is 13.6. The third kappa shape index (κ3) is 2.57. The Morgan fingerprint density at radius 1 is 1.39 bits per heavy atom. The standard InChI is InChI=1S/C15H14BrF3N2O2/c16-10-5-3-4-9(8-10)13(22)21-14(23,15(17,18)19)11-6-1-2-7-12(11)20-21/h3-5,8,11,23H,1-2,6-7H2/t11-,14-/m0/s1. The summed E-state index contributed by atoms with van der Waals surface area (Å²) in [6.45, 7) is 0. The third-order valence-electron chi connectivity index (χ3n) is 4.30. The molecule has 1 saturated carbocycles. The van der Waals surface area contributed by atoms with Crippen LogP contribution in [0.3, 0.4) is 0 Å². The number of halogens is 4. The van der Waals surface area contributed by atoms with Crippen LogP contribution < -0.4 is 0 Å². The summed E-state index contributed by atoms with van der Waals surface area (Å²) in [5.74, 6) is -2.15. The number of rotatable bonds is 1. The molecular weight excluding hydrogens is 377 g/mol. The van der Waals surface area contributed by atoms with Crippen LogP contribution in [0.1, 0.15) is 36.0 Å². The number of benzene rings is 1. The van der Waals surface area contributed by atoms with Crippen LogP contribution in [0.4, 0.5) is 13.2 Å². The van der Waals surface area contributed by atoms with E-state index in [0.29, 0.717) is 23.7 Å². The molecule has 1 fully saturated rings. The van der Waals surface area contributed by atoms with Crippen molar-refractivity contribution in [3.8, 4) is 0 Å². The molecule has 0 bridgehead atoms. The Morgan fingerprint density at radius 3 is 2.78 bits per heavy atom. The zero-order chi connectivity index (χ0) is 16.8. The van der Waals surface area contributed by atoms with Crippen LogP contribution >= 0.6 is 15.9 Å². The Hall–Kier alpha value is -1.41. The van der Waals surface area contributed by atoms with Gasteiger partial charge in [-0.25, -0.2) is 0 Å². The molecule has 3 rings (SSSR count). The van der Waals surface area contributed by atoms with Gasteiger partial charge in [0.2, 0.25) is 0 Å². The summed E-state index contributed by atoms with van der Waals surface area (Å²) in [5, 5.41) is 14.5. The van der Waals surface area contributed by atoms with Crippen LogP contribution in [0.15, 0.2) is 33.8 Å². The molecule has 1 N–H and O–H groups in total. The van der Waals surface area contributed by atoms with Gasteiger partial charge in [-0.15, -0.1) is 0 Å². The largest absolute Gasteiger partial charge is 0.439 e. The molecule has 1 aliphatic heterocycles. The van der Waals surface area contributed by atoms with Gasteiger partial charge >= 0.3 is 6.18 Å². The highest BCUT2D eigenvalue weighted by atomic mass is 79.9. The lowest BCUT2D eigenvalue weighted by Crippen LogP contribution is -2.61. The van der Waals surface area contributed by atoms with Crippen molar-refractivity contribution < 1.29 is 23.1 Å². The number of carbonyl (C=O) groups is 1. The van der Waals surface area contributed by atoms with Gasteiger partial charge in [0.1, 0.15) is 0 Å². The van der Waals surface area contributed by atoms with Gasteiger partial charge < -0.3 is 5.11 Å². The molecule has 23 heavy (non-hydrogen) atoms. The highest BCUT2D eigenvalue weighted by Crippen LogP contribution is 2.48. The molecule has 4 nitrogen and oxygen atoms in total. The first-order chi connectivity index (χ1) is 10.7. The molecule has 0 radical (unpaired) electrons. The molecule has 0 aromatic heterocycles. The van der Waals surface area contributed by atoms with Gasteiger partial charge in [-0.05, 0) is 37.5 Å². The first kappa shape index (κ1) is 16.4. The quantitative estimate of drug-likeness (QED) is 0.794. The molecule has 1 aromatic rings. The van der Waals surface area contributed by atoms with Gasteiger partial charge in [0.15, 0.2) is 0 Å². The molecule has 0 unspecified atom stereocenters. The summed E-state index contributed by atoms with van der Waals surface area (Å²) in [4.78, 5) is 12.5. The van der Waals surface area contributed by atoms with Crippen LogP contribution in [0, 0.1) is 5.92 Å². The summed E-state index contributed by atoms with van der Waals surface area (Å²) in [6.07, 6.45) is -3.17. The first-order valence-electron chi connectivity index (χ1n) is 7.21. The van der Waals surface area contributed by atoms with Crippen molar-refractivity contribution in [3.05, 3.63) is 34.3 Å². The van der Waals surface area contributed by atoms with Crippen molar-refractivity contribution in [3.63, 3.8) is 0 Å². The van der Waals surface area contributed by atoms with Crippen LogP contribution in [-0.4, -0.2) is 33.6 Å². The number of hydrogen-bond donors (Lipinski definition) is 1. The number of amides is 1. The van der Waals surface area contributed by atoms with Crippen molar-refractivity contribution in [2.75, 3.05) is 0 Å². The monoisotopic (exact) mass is 390 g/mol. The average Bonchev–Trinajstić information content (AvgIpc) is 2.81. The molecule has 8 heteroatoms. The maximum absolute atomic E-state index is 13.6. The number of alkyl halides is 3. The Kier molecular flexibility index (Phi) is 4.00. The fourth-order valence-corrected chi connectivity index (χ4v) is 3.56. The van der Waals surface area contributed by atoms with Crippen molar-refractivity contribution in [2.45, 2.75) is 37.6 Å². The van der Waals surface area contributed by atoms with Gasteiger partial charge in [-0.1, -0.05) is 28.4 Å². The summed E-state index contributed by atoms with van der Waals surface area (Å²) in [6, 6.07) is 6.00. The van der Waals surface area contributed by atoms with Crippen LogP contribution in [0.25, 0.3) is 0 Å². The highest BCUT2D eigenvalue weighted by Gasteiger charge is 2.68. The Balaban J connectivity index is 2.05. The van der Waals surface area contributed by atoms with E-state index < -0.39 is 23.7 Å². The minimum Gasteiger partial charge on any atom is -0.362 e. The topological polar surface area (TPSA) is 52.9 Å². The summed E-state index contributed by atoms with van der Waals surface area (Å²) >= 11 is 3.18. The van der Waals surface area contributed by atoms with E-state index in [9.17, 15) is 23.1 Å². The minimum atomic E-state index is -4.98. The average molecular weight is 391 g/mol. The van der Waals surface area contributed by atoms with Gasteiger partial charge in [0.05, 0.1) is 5.92 Å². The van der Waals surface area contributed by atoms with Crippen LogP contribution in [0.5, 0.6) is 0 Å². The molecule has 1 aliphatic carbocycles. The maximum atomic E-state index is 13.6. The Morgan fingerprint density at radius 2 is 2.13 bits per heavy atom. The van der Waals surface area contributed by atoms with E-state index in [2.05, 4.69) is 21.0 Å². The maximum Gasteiger partial charge on any atom is 0.439 e. The lowest BCUT2D eigenvalue weighted by atomic mass is 9.80. The predicted molar refractivity (Wildman–Crippen MR) is 80.7 cm³/mol. The summed E-state index contributed by atoms with van der Waals surface area (Å²) in [7, 11) is 0. The van der Waals surface area contributed by atoms with Gasteiger partial charge in [0.25, 0.3) is 11.6 Å². The van der Waals surface area contributed by atoms with E-state index in [-0.39, 0.29) is 22.7 Å². The molecule has 0 saturated heterocycles. The van der Waals surface area contributed by atoms with E-state index >= 15 is 0 Å².